The molecule has 2 aliphatic heterocycles. The predicted molar refractivity (Wildman–Crippen MR) is 139 cm³/mol. The van der Waals surface area contributed by atoms with Crippen LogP contribution in [0, 0.1) is 17.7 Å². The summed E-state index contributed by atoms with van der Waals surface area (Å²) in [5.74, 6) is 2.63. The lowest BCUT2D eigenvalue weighted by Gasteiger charge is -2.20. The maximum Gasteiger partial charge on any atom is 0.235 e. The lowest BCUT2D eigenvalue weighted by atomic mass is 10.0. The van der Waals surface area contributed by atoms with Crippen LogP contribution in [0.5, 0.6) is 5.88 Å². The zero-order valence-corrected chi connectivity index (χ0v) is 21.0. The van der Waals surface area contributed by atoms with Gasteiger partial charge in [-0.05, 0) is 49.3 Å². The van der Waals surface area contributed by atoms with Gasteiger partial charge < -0.3 is 20.3 Å². The smallest absolute Gasteiger partial charge is 0.235 e. The summed E-state index contributed by atoms with van der Waals surface area (Å²) in [4.78, 5) is 28.4. The first-order chi connectivity index (χ1) is 17.6. The highest BCUT2D eigenvalue weighted by Gasteiger charge is 2.40. The highest BCUT2D eigenvalue weighted by Crippen LogP contribution is 2.38. The number of nitrogens with zero attached hydrogens (tertiary/aromatic N) is 4. The summed E-state index contributed by atoms with van der Waals surface area (Å²) in [5, 5.41) is 6.55. The molecule has 36 heavy (non-hydrogen) atoms. The van der Waals surface area contributed by atoms with E-state index in [4.69, 9.17) is 4.74 Å². The molecule has 3 atom stereocenters. The first-order valence-electron chi connectivity index (χ1n) is 12.4. The van der Waals surface area contributed by atoms with Crippen molar-refractivity contribution in [2.24, 2.45) is 11.8 Å². The van der Waals surface area contributed by atoms with E-state index < -0.39 is 0 Å². The molecule has 1 amide bonds. The van der Waals surface area contributed by atoms with Crippen LogP contribution in [0.1, 0.15) is 25.5 Å². The number of hydrogen-bond donors (Lipinski definition) is 2. The predicted octanol–water partition coefficient (Wildman–Crippen LogP) is 3.51. The molecule has 1 saturated heterocycles. The van der Waals surface area contributed by atoms with E-state index in [9.17, 15) is 9.18 Å². The molecular weight excluding hydrogens is 479 g/mol. The number of pyridine rings is 3. The normalized spacial score (nSPS) is 23.5. The van der Waals surface area contributed by atoms with Crippen LogP contribution in [0.15, 0.2) is 35.4 Å². The van der Waals surface area contributed by atoms with Gasteiger partial charge in [0.25, 0.3) is 0 Å². The first-order valence-corrected chi connectivity index (χ1v) is 13.4. The van der Waals surface area contributed by atoms with Crippen LogP contribution >= 0.6 is 11.8 Å². The van der Waals surface area contributed by atoms with E-state index in [0.29, 0.717) is 64.9 Å². The van der Waals surface area contributed by atoms with E-state index in [1.165, 1.54) is 18.0 Å². The summed E-state index contributed by atoms with van der Waals surface area (Å²) in [6, 6.07) is 8.14. The van der Waals surface area contributed by atoms with Crippen molar-refractivity contribution in [1.29, 1.82) is 0 Å². The number of aromatic nitrogens is 3. The lowest BCUT2D eigenvalue weighted by molar-refractivity contribution is -0.113. The summed E-state index contributed by atoms with van der Waals surface area (Å²) in [6.45, 7) is 3.60. The third-order valence-corrected chi connectivity index (χ3v) is 8.60. The van der Waals surface area contributed by atoms with E-state index in [2.05, 4.69) is 30.5 Å². The minimum Gasteiger partial charge on any atom is -0.481 e. The summed E-state index contributed by atoms with van der Waals surface area (Å²) in [5.41, 5.74) is 2.84. The average molecular weight is 511 g/mol. The average Bonchev–Trinajstić information content (AvgIpc) is 3.44. The second-order valence-corrected chi connectivity index (χ2v) is 10.9. The Morgan fingerprint density at radius 3 is 2.86 bits per heavy atom. The molecule has 3 aromatic heterocycles. The second-order valence-electron chi connectivity index (χ2n) is 9.87. The Labute approximate surface area is 214 Å². The topological polar surface area (TPSA) is 92.3 Å². The van der Waals surface area contributed by atoms with Crippen LogP contribution in [-0.4, -0.2) is 64.3 Å². The Morgan fingerprint density at radius 2 is 2.06 bits per heavy atom. The number of anilines is 1. The van der Waals surface area contributed by atoms with Crippen molar-refractivity contribution in [3.05, 3.63) is 47.5 Å². The van der Waals surface area contributed by atoms with Gasteiger partial charge in [-0.15, -0.1) is 11.8 Å². The van der Waals surface area contributed by atoms with E-state index in [-0.39, 0.29) is 13.2 Å². The number of methoxy groups -OCH3 is 1. The van der Waals surface area contributed by atoms with Crippen molar-refractivity contribution in [3.63, 3.8) is 0 Å². The molecule has 10 heteroatoms. The van der Waals surface area contributed by atoms with E-state index in [1.807, 2.05) is 18.2 Å². The number of thioether (sulfide) groups is 1. The third kappa shape index (κ3) is 4.77. The Kier molecular flexibility index (Phi) is 6.49. The largest absolute Gasteiger partial charge is 0.481 e. The highest BCUT2D eigenvalue weighted by molar-refractivity contribution is 8.00. The first kappa shape index (κ1) is 23.6. The molecule has 5 heterocycles. The van der Waals surface area contributed by atoms with Crippen LogP contribution in [0.3, 0.4) is 0 Å². The summed E-state index contributed by atoms with van der Waals surface area (Å²) >= 11 is 1.53. The van der Waals surface area contributed by atoms with Crippen LogP contribution in [-0.2, 0) is 17.8 Å². The van der Waals surface area contributed by atoms with Crippen molar-refractivity contribution in [2.45, 2.75) is 36.7 Å². The Bertz CT molecular complexity index is 1300. The number of carbonyl (C=O) groups excluding carboxylic acids is 1. The number of ether oxygens (including phenoxy) is 1. The number of halogens is 1. The van der Waals surface area contributed by atoms with Gasteiger partial charge in [-0.3, -0.25) is 9.78 Å². The Balaban J connectivity index is 0.00000280. The van der Waals surface area contributed by atoms with Crippen molar-refractivity contribution in [3.8, 4) is 5.88 Å². The van der Waals surface area contributed by atoms with Gasteiger partial charge in [0.15, 0.2) is 0 Å². The molecule has 3 aliphatic rings. The highest BCUT2D eigenvalue weighted by atomic mass is 32.2. The number of rotatable bonds is 7. The molecule has 2 fully saturated rings. The van der Waals surface area contributed by atoms with Crippen LogP contribution in [0.25, 0.3) is 11.0 Å². The minimum atomic E-state index is -0.305. The van der Waals surface area contributed by atoms with Crippen LogP contribution in [0.4, 0.5) is 10.2 Å². The maximum atomic E-state index is 14.7. The van der Waals surface area contributed by atoms with E-state index in [1.54, 1.807) is 13.2 Å². The van der Waals surface area contributed by atoms with Crippen LogP contribution < -0.4 is 15.4 Å². The number of nitrogens with one attached hydrogen (secondary N) is 2. The number of hydrogen-bond acceptors (Lipinski definition) is 8. The molecule has 6 rings (SSSR count). The van der Waals surface area contributed by atoms with Gasteiger partial charge in [-0.2, -0.15) is 0 Å². The lowest BCUT2D eigenvalue weighted by Crippen LogP contribution is -2.31. The van der Waals surface area contributed by atoms with Crippen LogP contribution in [0.2, 0.25) is 0 Å². The Morgan fingerprint density at radius 1 is 1.22 bits per heavy atom. The molecule has 0 radical (unpaired) electrons. The second kappa shape index (κ2) is 9.91. The van der Waals surface area contributed by atoms with Crippen molar-refractivity contribution in [1.82, 2.24) is 25.2 Å². The van der Waals surface area contributed by atoms with Gasteiger partial charge in [-0.1, -0.05) is 0 Å². The number of likely N-dealkylation sites (tertiary alicyclic amines) is 1. The molecule has 8 nitrogen and oxygen atoms in total. The van der Waals surface area contributed by atoms with Crippen molar-refractivity contribution < 1.29 is 15.3 Å². The molecule has 1 unspecified atom stereocenters. The minimum absolute atomic E-state index is 0. The molecule has 0 bridgehead atoms. The summed E-state index contributed by atoms with van der Waals surface area (Å²) in [6.07, 6.45) is 4.18. The number of carbonyl (C=O) groups is 1. The van der Waals surface area contributed by atoms with Gasteiger partial charge in [-0.25, -0.2) is 14.4 Å². The van der Waals surface area contributed by atoms with Gasteiger partial charge in [0.2, 0.25) is 11.8 Å². The van der Waals surface area contributed by atoms with Crippen molar-refractivity contribution >= 4 is 34.5 Å². The molecule has 0 aromatic carbocycles. The molecule has 2 N–H and O–H groups in total. The fourth-order valence-electron chi connectivity index (χ4n) is 5.80. The Hall–Kier alpha value is -2.82. The molecule has 1 aliphatic carbocycles. The number of fused-ring (bicyclic) bond motifs is 3. The maximum absolute atomic E-state index is 14.7. The van der Waals surface area contributed by atoms with Gasteiger partial charge >= 0.3 is 0 Å². The molecule has 0 spiro atoms. The molecule has 3 aromatic rings. The zero-order valence-electron chi connectivity index (χ0n) is 20.2. The number of amides is 1. The fraction of sp³-hybridized carbons (Fsp3) is 0.462. The van der Waals surface area contributed by atoms with E-state index in [0.717, 1.165) is 43.1 Å². The van der Waals surface area contributed by atoms with E-state index >= 15 is 0 Å². The quantitative estimate of drug-likeness (QED) is 0.499. The molecule has 190 valence electrons. The van der Waals surface area contributed by atoms with Gasteiger partial charge in [0.05, 0.1) is 40.7 Å². The van der Waals surface area contributed by atoms with Crippen molar-refractivity contribution in [2.75, 3.05) is 37.8 Å². The summed E-state index contributed by atoms with van der Waals surface area (Å²) in [7, 11) is 1.56. The molecule has 1 saturated carbocycles. The zero-order chi connectivity index (χ0) is 24.6. The molecular formula is C26H31FN6O2S. The monoisotopic (exact) mass is 510 g/mol. The fourth-order valence-corrected chi connectivity index (χ4v) is 6.55. The third-order valence-electron chi connectivity index (χ3n) is 7.56. The standard InChI is InChI=1S/C26H29FN6O2S.H2/c1-35-24-5-3-21-25(32-24)19(20(27)11-29-21)6-7-33-12-15-8-18(9-16(15)13-33)28-10-17-2-4-22-26(30-17)31-23(34)14-36-22;/h2-5,11,15-16,18,28H,6-10,12-14H2,1H3,(H,30,31,34);1H/t15-,16+,18?;. The SMILES string of the molecule is COc1ccc2ncc(F)c(CCN3C[C@H]4CC(NCc5ccc6c(n5)NC(=O)CS6)C[C@H]4C3)c2n1.[HH]. The van der Waals surface area contributed by atoms with Gasteiger partial charge in [0, 0.05) is 45.3 Å². The van der Waals surface area contributed by atoms with Gasteiger partial charge in [0.1, 0.15) is 11.6 Å². The summed E-state index contributed by atoms with van der Waals surface area (Å²) < 4.78 is 19.9.